The zero-order chi connectivity index (χ0) is 22.1. The molecule has 2 aromatic heterocycles. The second-order valence-corrected chi connectivity index (χ2v) is 8.73. The Morgan fingerprint density at radius 2 is 1.93 bits per heavy atom. The number of carbonyl (C=O) groups is 2. The van der Waals surface area contributed by atoms with E-state index in [1.54, 1.807) is 23.7 Å². The molecule has 0 radical (unpaired) electrons. The predicted molar refractivity (Wildman–Crippen MR) is 114 cm³/mol. The Kier molecular flexibility index (Phi) is 6.00. The van der Waals surface area contributed by atoms with Gasteiger partial charge >= 0.3 is 6.09 Å². The number of amides is 2. The molecule has 1 aliphatic rings. The molecule has 2 aromatic rings. The number of likely N-dealkylation sites (N-methyl/N-ethyl adjacent to an activating group) is 1. The topological polar surface area (TPSA) is 92.6 Å². The van der Waals surface area contributed by atoms with Gasteiger partial charge in [0.05, 0.1) is 0 Å². The highest BCUT2D eigenvalue weighted by Crippen LogP contribution is 2.24. The van der Waals surface area contributed by atoms with Crippen molar-refractivity contribution in [2.45, 2.75) is 52.8 Å². The third kappa shape index (κ3) is 5.28. The van der Waals surface area contributed by atoms with E-state index in [0.717, 1.165) is 23.2 Å². The van der Waals surface area contributed by atoms with Crippen molar-refractivity contribution in [3.63, 3.8) is 0 Å². The molecule has 0 unspecified atom stereocenters. The first-order valence-electron chi connectivity index (χ1n) is 9.99. The molecule has 3 rings (SSSR count). The van der Waals surface area contributed by atoms with Crippen molar-refractivity contribution in [3.05, 3.63) is 35.2 Å². The zero-order valence-corrected chi connectivity index (χ0v) is 18.5. The van der Waals surface area contributed by atoms with Crippen LogP contribution in [0.3, 0.4) is 0 Å². The first kappa shape index (κ1) is 21.6. The van der Waals surface area contributed by atoms with Crippen LogP contribution in [0, 0.1) is 6.92 Å². The molecule has 0 atom stereocenters. The third-order valence-electron chi connectivity index (χ3n) is 4.77. The number of hydrogen-bond donors (Lipinski definition) is 1. The summed E-state index contributed by atoms with van der Waals surface area (Å²) in [6.45, 7) is 8.76. The van der Waals surface area contributed by atoms with Gasteiger partial charge in [0, 0.05) is 45.1 Å². The van der Waals surface area contributed by atoms with E-state index < -0.39 is 5.60 Å². The lowest BCUT2D eigenvalue weighted by Crippen LogP contribution is -2.39. The Hall–Kier alpha value is -3.10. The van der Waals surface area contributed by atoms with E-state index in [1.807, 2.05) is 46.0 Å². The molecule has 3 heterocycles. The largest absolute Gasteiger partial charge is 0.444 e. The number of anilines is 2. The van der Waals surface area contributed by atoms with Crippen molar-refractivity contribution >= 4 is 23.6 Å². The Balaban J connectivity index is 1.71. The van der Waals surface area contributed by atoms with Crippen molar-refractivity contribution in [2.24, 2.45) is 0 Å². The average molecular weight is 415 g/mol. The highest BCUT2D eigenvalue weighted by molar-refractivity contribution is 5.75. The van der Waals surface area contributed by atoms with E-state index in [-0.39, 0.29) is 18.5 Å². The van der Waals surface area contributed by atoms with Gasteiger partial charge in [-0.1, -0.05) is 0 Å². The molecule has 1 aliphatic heterocycles. The van der Waals surface area contributed by atoms with E-state index in [1.165, 1.54) is 4.90 Å². The van der Waals surface area contributed by atoms with E-state index in [4.69, 9.17) is 4.74 Å². The Bertz CT molecular complexity index is 945. The molecule has 9 heteroatoms. The number of pyridine rings is 1. The first-order chi connectivity index (χ1) is 14.0. The van der Waals surface area contributed by atoms with Gasteiger partial charge in [0.1, 0.15) is 18.0 Å². The van der Waals surface area contributed by atoms with E-state index in [2.05, 4.69) is 15.4 Å². The fraction of sp³-hybridized carbons (Fsp3) is 0.524. The van der Waals surface area contributed by atoms with Crippen LogP contribution in [0.1, 0.15) is 37.6 Å². The number of rotatable bonds is 4. The van der Waals surface area contributed by atoms with Crippen molar-refractivity contribution in [1.29, 1.82) is 0 Å². The SMILES string of the molecule is Cc1cc(Nc2cc3c(cn2)CCN(C(=O)OC(C)(C)C)C3)nn1CC(=O)N(C)C. The molecule has 0 fully saturated rings. The van der Waals surface area contributed by atoms with Crippen LogP contribution in [0.25, 0.3) is 0 Å². The molecule has 1 N–H and O–H groups in total. The first-order valence-corrected chi connectivity index (χ1v) is 9.99. The summed E-state index contributed by atoms with van der Waals surface area (Å²) in [6, 6.07) is 3.81. The van der Waals surface area contributed by atoms with Gasteiger partial charge in [-0.05, 0) is 51.3 Å². The fourth-order valence-corrected chi connectivity index (χ4v) is 3.12. The molecule has 30 heavy (non-hydrogen) atoms. The number of nitrogens with one attached hydrogen (secondary N) is 1. The quantitative estimate of drug-likeness (QED) is 0.827. The Morgan fingerprint density at radius 1 is 1.20 bits per heavy atom. The number of aryl methyl sites for hydroxylation is 1. The minimum absolute atomic E-state index is 0.0260. The molecule has 0 saturated carbocycles. The van der Waals surface area contributed by atoms with Crippen LogP contribution in [0.15, 0.2) is 18.3 Å². The molecule has 0 aromatic carbocycles. The number of carbonyl (C=O) groups excluding carboxylic acids is 2. The normalized spacial score (nSPS) is 13.6. The van der Waals surface area contributed by atoms with Crippen LogP contribution in [0.4, 0.5) is 16.4 Å². The lowest BCUT2D eigenvalue weighted by atomic mass is 10.0. The van der Waals surface area contributed by atoms with E-state index >= 15 is 0 Å². The average Bonchev–Trinajstić information content (AvgIpc) is 2.98. The van der Waals surface area contributed by atoms with Crippen LogP contribution >= 0.6 is 0 Å². The van der Waals surface area contributed by atoms with Gasteiger partial charge in [-0.3, -0.25) is 9.48 Å². The molecule has 0 spiro atoms. The summed E-state index contributed by atoms with van der Waals surface area (Å²) in [6.07, 6.45) is 2.27. The number of fused-ring (bicyclic) bond motifs is 1. The number of hydrogen-bond acceptors (Lipinski definition) is 6. The van der Waals surface area contributed by atoms with Crippen molar-refractivity contribution in [1.82, 2.24) is 24.6 Å². The van der Waals surface area contributed by atoms with Crippen molar-refractivity contribution in [3.8, 4) is 0 Å². The number of ether oxygens (including phenoxy) is 1. The maximum Gasteiger partial charge on any atom is 0.410 e. The molecule has 2 amide bonds. The maximum absolute atomic E-state index is 12.4. The Labute approximate surface area is 177 Å². The highest BCUT2D eigenvalue weighted by Gasteiger charge is 2.26. The minimum Gasteiger partial charge on any atom is -0.444 e. The lowest BCUT2D eigenvalue weighted by molar-refractivity contribution is -0.129. The van der Waals surface area contributed by atoms with Gasteiger partial charge in [0.25, 0.3) is 0 Å². The highest BCUT2D eigenvalue weighted by atomic mass is 16.6. The van der Waals surface area contributed by atoms with Crippen LogP contribution in [0.2, 0.25) is 0 Å². The monoisotopic (exact) mass is 414 g/mol. The third-order valence-corrected chi connectivity index (χ3v) is 4.77. The van der Waals surface area contributed by atoms with Gasteiger partial charge in [0.2, 0.25) is 5.91 Å². The minimum atomic E-state index is -0.521. The zero-order valence-electron chi connectivity index (χ0n) is 18.5. The summed E-state index contributed by atoms with van der Waals surface area (Å²) in [7, 11) is 3.44. The smallest absolute Gasteiger partial charge is 0.410 e. The second-order valence-electron chi connectivity index (χ2n) is 8.73. The number of aromatic nitrogens is 3. The van der Waals surface area contributed by atoms with Crippen molar-refractivity contribution < 1.29 is 14.3 Å². The number of nitrogens with zero attached hydrogens (tertiary/aromatic N) is 5. The maximum atomic E-state index is 12.4. The molecular formula is C21H30N6O3. The summed E-state index contributed by atoms with van der Waals surface area (Å²) < 4.78 is 7.15. The van der Waals surface area contributed by atoms with Crippen LogP contribution in [-0.2, 0) is 29.0 Å². The van der Waals surface area contributed by atoms with Gasteiger partial charge in [-0.15, -0.1) is 0 Å². The summed E-state index contributed by atoms with van der Waals surface area (Å²) in [5, 5.41) is 7.65. The molecule has 9 nitrogen and oxygen atoms in total. The molecule has 0 aliphatic carbocycles. The van der Waals surface area contributed by atoms with Gasteiger partial charge in [-0.2, -0.15) is 5.10 Å². The van der Waals surface area contributed by atoms with Crippen LogP contribution in [-0.4, -0.2) is 62.8 Å². The van der Waals surface area contributed by atoms with E-state index in [0.29, 0.717) is 24.7 Å². The van der Waals surface area contributed by atoms with Gasteiger partial charge in [-0.25, -0.2) is 9.78 Å². The second kappa shape index (κ2) is 8.33. The summed E-state index contributed by atoms with van der Waals surface area (Å²) >= 11 is 0. The van der Waals surface area contributed by atoms with E-state index in [9.17, 15) is 9.59 Å². The summed E-state index contributed by atoms with van der Waals surface area (Å²) in [5.41, 5.74) is 2.51. The fourth-order valence-electron chi connectivity index (χ4n) is 3.12. The molecule has 162 valence electrons. The van der Waals surface area contributed by atoms with Crippen LogP contribution in [0.5, 0.6) is 0 Å². The summed E-state index contributed by atoms with van der Waals surface area (Å²) in [4.78, 5) is 32.1. The molecule has 0 bridgehead atoms. The molecule has 0 saturated heterocycles. The Morgan fingerprint density at radius 3 is 2.60 bits per heavy atom. The van der Waals surface area contributed by atoms with Crippen LogP contribution < -0.4 is 5.32 Å². The predicted octanol–water partition coefficient (Wildman–Crippen LogP) is 2.71. The van der Waals surface area contributed by atoms with Crippen molar-refractivity contribution in [2.75, 3.05) is 26.0 Å². The summed E-state index contributed by atoms with van der Waals surface area (Å²) in [5.74, 6) is 1.23. The standard InChI is InChI=1S/C21H30N6O3/c1-14-9-18(24-27(14)13-19(28)25(5)6)23-17-10-16-12-26(8-7-15(16)11-22-17)20(29)30-21(2,3)4/h9-11H,7-8,12-13H2,1-6H3,(H,22,23,24). The lowest BCUT2D eigenvalue weighted by Gasteiger charge is -2.31. The van der Waals surface area contributed by atoms with Gasteiger partial charge in [0.15, 0.2) is 5.82 Å². The molecular weight excluding hydrogens is 384 g/mol. The van der Waals surface area contributed by atoms with Gasteiger partial charge < -0.3 is 19.9 Å².